The van der Waals surface area contributed by atoms with E-state index in [1.807, 2.05) is 58.0 Å². The highest BCUT2D eigenvalue weighted by atomic mass is 16.5. The third-order valence-electron chi connectivity index (χ3n) is 3.92. The number of imide groups is 1. The summed E-state index contributed by atoms with van der Waals surface area (Å²) in [6, 6.07) is 9.09. The molecule has 4 rings (SSSR count). The molecule has 4 heteroatoms. The van der Waals surface area contributed by atoms with Crippen molar-refractivity contribution in [2.24, 2.45) is 11.8 Å². The van der Waals surface area contributed by atoms with Crippen molar-refractivity contribution in [1.82, 2.24) is 0 Å². The van der Waals surface area contributed by atoms with Crippen LogP contribution in [0.3, 0.4) is 0 Å². The van der Waals surface area contributed by atoms with E-state index in [1.165, 1.54) is 4.90 Å². The Hall–Kier alpha value is -1.94. The van der Waals surface area contributed by atoms with E-state index in [-0.39, 0.29) is 35.9 Å². The number of hydrogen-bond donors (Lipinski definition) is 0. The van der Waals surface area contributed by atoms with Crippen molar-refractivity contribution in [1.29, 1.82) is 0 Å². The third-order valence-corrected chi connectivity index (χ3v) is 3.92. The number of carbonyl (C=O) groups excluding carboxylic acids is 2. The Kier molecular flexibility index (Phi) is 5.14. The number of nitrogens with zero attached hydrogens (tertiary/aromatic N) is 1. The summed E-state index contributed by atoms with van der Waals surface area (Å²) in [4.78, 5) is 26.1. The maximum Gasteiger partial charge on any atom is 0.240 e. The maximum atomic E-state index is 12.4. The van der Waals surface area contributed by atoms with Crippen LogP contribution < -0.4 is 4.90 Å². The number of benzene rings is 1. The van der Waals surface area contributed by atoms with Gasteiger partial charge in [0.15, 0.2) is 0 Å². The van der Waals surface area contributed by atoms with Gasteiger partial charge in [-0.15, -0.1) is 0 Å². The first-order valence-electron chi connectivity index (χ1n) is 8.04. The Labute approximate surface area is 131 Å². The predicted octanol–water partition coefficient (Wildman–Crippen LogP) is 3.18. The van der Waals surface area contributed by atoms with Crippen molar-refractivity contribution in [3.05, 3.63) is 42.5 Å². The van der Waals surface area contributed by atoms with Crippen molar-refractivity contribution in [3.63, 3.8) is 0 Å². The molecule has 0 aliphatic carbocycles. The Morgan fingerprint density at radius 3 is 1.73 bits per heavy atom. The van der Waals surface area contributed by atoms with Crippen LogP contribution in [0.4, 0.5) is 5.69 Å². The zero-order chi connectivity index (χ0) is 16.3. The second-order valence-electron chi connectivity index (χ2n) is 4.85. The van der Waals surface area contributed by atoms with Gasteiger partial charge in [-0.3, -0.25) is 9.59 Å². The predicted molar refractivity (Wildman–Crippen MR) is 86.4 cm³/mol. The first kappa shape index (κ1) is 16.4. The minimum atomic E-state index is -0.326. The van der Waals surface area contributed by atoms with Gasteiger partial charge in [0.2, 0.25) is 11.8 Å². The number of carbonyl (C=O) groups is 2. The fourth-order valence-corrected chi connectivity index (χ4v) is 3.14. The topological polar surface area (TPSA) is 46.6 Å². The minimum Gasteiger partial charge on any atom is -0.365 e. The summed E-state index contributed by atoms with van der Waals surface area (Å²) in [6.07, 6.45) is 3.35. The minimum absolute atomic E-state index is 0.131. The molecule has 0 spiro atoms. The van der Waals surface area contributed by atoms with Crippen molar-refractivity contribution in [2.75, 3.05) is 4.90 Å². The Balaban J connectivity index is 0.000000410. The summed E-state index contributed by atoms with van der Waals surface area (Å²) in [6.45, 7) is 8.00. The van der Waals surface area contributed by atoms with E-state index in [0.717, 1.165) is 0 Å². The van der Waals surface area contributed by atoms with Gasteiger partial charge in [0.25, 0.3) is 0 Å². The highest BCUT2D eigenvalue weighted by Gasteiger charge is 2.60. The summed E-state index contributed by atoms with van der Waals surface area (Å²) in [5.41, 5.74) is 0.654. The molecule has 2 saturated heterocycles. The third kappa shape index (κ3) is 2.37. The average molecular weight is 301 g/mol. The molecule has 3 aliphatic heterocycles. The second-order valence-corrected chi connectivity index (χ2v) is 4.85. The molecule has 0 saturated carbocycles. The Bertz CT molecular complexity index is 537. The summed E-state index contributed by atoms with van der Waals surface area (Å²) in [5.74, 6) is -0.915. The van der Waals surface area contributed by atoms with Gasteiger partial charge in [0.05, 0.1) is 29.7 Å². The molecule has 0 aromatic heterocycles. The van der Waals surface area contributed by atoms with E-state index in [9.17, 15) is 9.59 Å². The lowest BCUT2D eigenvalue weighted by Gasteiger charge is -2.17. The van der Waals surface area contributed by atoms with Gasteiger partial charge < -0.3 is 4.74 Å². The standard InChI is InChI=1S/C14H11NO3.2C2H6/c16-13-11-9-6-7-10(18-9)12(11)14(17)15(13)8-4-2-1-3-5-8;2*1-2/h1-7,9-12H;2*1-2H3. The molecule has 2 bridgehead atoms. The molecule has 4 atom stereocenters. The SMILES string of the molecule is CC.CC.O=C1C2C3C=CC(O3)C2C(=O)N1c1ccccc1. The molecular formula is C18H23NO3. The van der Waals surface area contributed by atoms with Gasteiger partial charge >= 0.3 is 0 Å². The largest absolute Gasteiger partial charge is 0.365 e. The van der Waals surface area contributed by atoms with E-state index in [1.54, 1.807) is 12.1 Å². The fraction of sp³-hybridized carbons (Fsp3) is 0.444. The highest BCUT2D eigenvalue weighted by Crippen LogP contribution is 2.46. The molecule has 4 nitrogen and oxygen atoms in total. The van der Waals surface area contributed by atoms with Gasteiger partial charge in [-0.25, -0.2) is 4.90 Å². The van der Waals surface area contributed by atoms with Crippen LogP contribution in [-0.4, -0.2) is 24.0 Å². The highest BCUT2D eigenvalue weighted by molar-refractivity contribution is 6.23. The summed E-state index contributed by atoms with van der Waals surface area (Å²) < 4.78 is 5.58. The van der Waals surface area contributed by atoms with E-state index in [4.69, 9.17) is 4.74 Å². The van der Waals surface area contributed by atoms with Gasteiger partial charge in [-0.2, -0.15) is 0 Å². The van der Waals surface area contributed by atoms with E-state index in [0.29, 0.717) is 5.69 Å². The molecule has 118 valence electrons. The van der Waals surface area contributed by atoms with Crippen LogP contribution in [0.15, 0.2) is 42.5 Å². The van der Waals surface area contributed by atoms with Gasteiger partial charge in [0.1, 0.15) is 0 Å². The van der Waals surface area contributed by atoms with Crippen LogP contribution in [0, 0.1) is 11.8 Å². The molecule has 3 aliphatic rings. The lowest BCUT2D eigenvalue weighted by atomic mass is 9.85. The average Bonchev–Trinajstić information content (AvgIpc) is 3.26. The van der Waals surface area contributed by atoms with Crippen LogP contribution in [0.1, 0.15) is 27.7 Å². The molecule has 1 aromatic rings. The zero-order valence-corrected chi connectivity index (χ0v) is 13.5. The van der Waals surface area contributed by atoms with Crippen LogP contribution >= 0.6 is 0 Å². The Morgan fingerprint density at radius 1 is 0.818 bits per heavy atom. The molecule has 3 heterocycles. The molecule has 2 amide bonds. The first-order chi connectivity index (χ1) is 10.8. The molecule has 0 N–H and O–H groups in total. The van der Waals surface area contributed by atoms with Crippen LogP contribution in [0.25, 0.3) is 0 Å². The lowest BCUT2D eigenvalue weighted by Crippen LogP contribution is -2.34. The smallest absolute Gasteiger partial charge is 0.240 e. The second kappa shape index (κ2) is 6.88. The summed E-state index contributed by atoms with van der Waals surface area (Å²) in [7, 11) is 0. The maximum absolute atomic E-state index is 12.4. The number of ether oxygens (including phenoxy) is 1. The van der Waals surface area contributed by atoms with Crippen molar-refractivity contribution < 1.29 is 14.3 Å². The molecule has 4 unspecified atom stereocenters. The lowest BCUT2D eigenvalue weighted by molar-refractivity contribution is -0.124. The van der Waals surface area contributed by atoms with Crippen LogP contribution in [0.5, 0.6) is 0 Å². The number of fused-ring (bicyclic) bond motifs is 5. The molecule has 22 heavy (non-hydrogen) atoms. The van der Waals surface area contributed by atoms with Crippen molar-refractivity contribution >= 4 is 17.5 Å². The van der Waals surface area contributed by atoms with Gasteiger partial charge in [-0.1, -0.05) is 58.0 Å². The molecule has 0 radical (unpaired) electrons. The quantitative estimate of drug-likeness (QED) is 0.591. The number of hydrogen-bond acceptors (Lipinski definition) is 3. The molecule has 2 fully saturated rings. The number of para-hydroxylation sites is 1. The number of rotatable bonds is 1. The van der Waals surface area contributed by atoms with Crippen LogP contribution in [-0.2, 0) is 14.3 Å². The van der Waals surface area contributed by atoms with E-state index < -0.39 is 0 Å². The Morgan fingerprint density at radius 2 is 1.27 bits per heavy atom. The van der Waals surface area contributed by atoms with Crippen molar-refractivity contribution in [2.45, 2.75) is 39.9 Å². The van der Waals surface area contributed by atoms with Gasteiger partial charge in [-0.05, 0) is 12.1 Å². The van der Waals surface area contributed by atoms with E-state index >= 15 is 0 Å². The fourth-order valence-electron chi connectivity index (χ4n) is 3.14. The van der Waals surface area contributed by atoms with Gasteiger partial charge in [0, 0.05) is 0 Å². The number of amides is 2. The first-order valence-corrected chi connectivity index (χ1v) is 8.04. The molecular weight excluding hydrogens is 278 g/mol. The zero-order valence-electron chi connectivity index (χ0n) is 13.5. The molecule has 1 aromatic carbocycles. The monoisotopic (exact) mass is 301 g/mol. The summed E-state index contributed by atoms with van der Waals surface area (Å²) in [5, 5.41) is 0. The normalized spacial score (nSPS) is 30.5. The van der Waals surface area contributed by atoms with Crippen LogP contribution in [0.2, 0.25) is 0 Å². The van der Waals surface area contributed by atoms with E-state index in [2.05, 4.69) is 0 Å². The summed E-state index contributed by atoms with van der Waals surface area (Å²) >= 11 is 0. The van der Waals surface area contributed by atoms with Crippen molar-refractivity contribution in [3.8, 4) is 0 Å². The number of anilines is 1.